The van der Waals surface area contributed by atoms with E-state index in [2.05, 4.69) is 90.6 Å². The van der Waals surface area contributed by atoms with Crippen LogP contribution in [-0.4, -0.2) is 0 Å². The molecule has 1 unspecified atom stereocenters. The normalized spacial score (nSPS) is 11.9. The topological polar surface area (TPSA) is 0 Å². The molecule has 0 saturated heterocycles. The Labute approximate surface area is 164 Å². The van der Waals surface area contributed by atoms with Gasteiger partial charge in [0.1, 0.15) is 0 Å². The second-order valence-corrected chi connectivity index (χ2v) is 9.40. The Hall–Kier alpha value is -1.13. The van der Waals surface area contributed by atoms with Gasteiger partial charge in [0.25, 0.3) is 0 Å². The highest BCUT2D eigenvalue weighted by Gasteiger charge is 2.23. The third-order valence-corrected chi connectivity index (χ3v) is 6.84. The summed E-state index contributed by atoms with van der Waals surface area (Å²) >= 11 is 0. The molecule has 0 nitrogen and oxygen atoms in total. The Bertz CT molecular complexity index is 765. The van der Waals surface area contributed by atoms with E-state index in [1.54, 1.807) is 0 Å². The molecule has 2 rings (SSSR count). The third-order valence-electron chi connectivity index (χ3n) is 6.12. The number of benzene rings is 2. The summed E-state index contributed by atoms with van der Waals surface area (Å²) in [6.07, 6.45) is 0. The summed E-state index contributed by atoms with van der Waals surface area (Å²) in [6, 6.07) is 4.93. The van der Waals surface area contributed by atoms with Gasteiger partial charge < -0.3 is 0 Å². The first-order valence-corrected chi connectivity index (χ1v) is 10.6. The van der Waals surface area contributed by atoms with Crippen molar-refractivity contribution in [3.8, 4) is 11.1 Å². The SMILES string of the molecule is Cc1c(C)c(C)c(-c2c(C(C)C)cc(C(C)C)cc2C(C)C)c(P)c1C. The van der Waals surface area contributed by atoms with Gasteiger partial charge in [0.2, 0.25) is 0 Å². The predicted octanol–water partition coefficient (Wildman–Crippen LogP) is 7.46. The molecule has 0 N–H and O–H groups in total. The van der Waals surface area contributed by atoms with Crippen molar-refractivity contribution in [2.24, 2.45) is 0 Å². The minimum absolute atomic E-state index is 0.506. The van der Waals surface area contributed by atoms with Crippen molar-refractivity contribution in [3.63, 3.8) is 0 Å². The highest BCUT2D eigenvalue weighted by molar-refractivity contribution is 7.28. The van der Waals surface area contributed by atoms with Gasteiger partial charge in [-0.15, -0.1) is 9.24 Å². The van der Waals surface area contributed by atoms with Gasteiger partial charge in [-0.3, -0.25) is 0 Å². The standard InChI is InChI=1S/C25H37P/c1-13(2)20-11-21(14(3)4)24(22(12-20)15(5)6)23-18(9)16(7)17(8)19(10)25(23)26/h11-15H,26H2,1-10H3. The molecule has 142 valence electrons. The fourth-order valence-electron chi connectivity index (χ4n) is 3.91. The monoisotopic (exact) mass is 368 g/mol. The first kappa shape index (κ1) is 21.2. The van der Waals surface area contributed by atoms with Gasteiger partial charge in [-0.2, -0.15) is 0 Å². The third kappa shape index (κ3) is 3.63. The Morgan fingerprint density at radius 1 is 0.577 bits per heavy atom. The molecule has 0 heterocycles. The Balaban J connectivity index is 3.03. The quantitative estimate of drug-likeness (QED) is 0.491. The Morgan fingerprint density at radius 2 is 1.00 bits per heavy atom. The summed E-state index contributed by atoms with van der Waals surface area (Å²) in [5, 5.41) is 1.37. The molecule has 1 atom stereocenters. The van der Waals surface area contributed by atoms with E-state index in [9.17, 15) is 0 Å². The zero-order valence-corrected chi connectivity index (χ0v) is 19.6. The van der Waals surface area contributed by atoms with Gasteiger partial charge >= 0.3 is 0 Å². The van der Waals surface area contributed by atoms with Gasteiger partial charge in [-0.1, -0.05) is 53.7 Å². The molecule has 0 bridgehead atoms. The van der Waals surface area contributed by atoms with Crippen LogP contribution in [0.3, 0.4) is 0 Å². The van der Waals surface area contributed by atoms with E-state index in [4.69, 9.17) is 0 Å². The molecule has 26 heavy (non-hydrogen) atoms. The molecule has 0 radical (unpaired) electrons. The molecule has 0 aliphatic rings. The summed E-state index contributed by atoms with van der Waals surface area (Å²) in [6.45, 7) is 23.0. The molecule has 0 aliphatic carbocycles. The summed E-state index contributed by atoms with van der Waals surface area (Å²) in [7, 11) is 3.05. The minimum atomic E-state index is 0.506. The van der Waals surface area contributed by atoms with Crippen molar-refractivity contribution in [2.75, 3.05) is 0 Å². The van der Waals surface area contributed by atoms with Gasteiger partial charge in [0, 0.05) is 0 Å². The molecule has 2 aromatic carbocycles. The van der Waals surface area contributed by atoms with Crippen LogP contribution in [0.5, 0.6) is 0 Å². The highest BCUT2D eigenvalue weighted by atomic mass is 31.0. The van der Waals surface area contributed by atoms with Crippen LogP contribution in [0.25, 0.3) is 11.1 Å². The van der Waals surface area contributed by atoms with Crippen molar-refractivity contribution in [3.05, 3.63) is 51.1 Å². The predicted molar refractivity (Wildman–Crippen MR) is 122 cm³/mol. The zero-order chi connectivity index (χ0) is 19.9. The van der Waals surface area contributed by atoms with E-state index in [0.29, 0.717) is 17.8 Å². The van der Waals surface area contributed by atoms with Crippen LogP contribution in [0.4, 0.5) is 0 Å². The van der Waals surface area contributed by atoms with Crippen molar-refractivity contribution in [1.29, 1.82) is 0 Å². The van der Waals surface area contributed by atoms with Crippen LogP contribution >= 0.6 is 9.24 Å². The maximum Gasteiger partial charge on any atom is -0.00717 e. The first-order valence-electron chi connectivity index (χ1n) is 10.0. The van der Waals surface area contributed by atoms with E-state index < -0.39 is 0 Å². The Kier molecular flexibility index (Phi) is 6.40. The van der Waals surface area contributed by atoms with Crippen LogP contribution in [0, 0.1) is 27.7 Å². The number of rotatable bonds is 4. The highest BCUT2D eigenvalue weighted by Crippen LogP contribution is 2.41. The van der Waals surface area contributed by atoms with Crippen molar-refractivity contribution < 1.29 is 0 Å². The fraction of sp³-hybridized carbons (Fsp3) is 0.520. The van der Waals surface area contributed by atoms with Gasteiger partial charge in [0.05, 0.1) is 0 Å². The number of hydrogen-bond donors (Lipinski definition) is 0. The molecule has 0 aromatic heterocycles. The van der Waals surface area contributed by atoms with E-state index in [1.165, 1.54) is 55.4 Å². The lowest BCUT2D eigenvalue weighted by Gasteiger charge is -2.27. The molecule has 0 fully saturated rings. The lowest BCUT2D eigenvalue weighted by atomic mass is 9.79. The van der Waals surface area contributed by atoms with Crippen LogP contribution in [0.15, 0.2) is 12.1 Å². The molecule has 2 aromatic rings. The van der Waals surface area contributed by atoms with Crippen LogP contribution in [-0.2, 0) is 0 Å². The lowest BCUT2D eigenvalue weighted by Crippen LogP contribution is -2.13. The average molecular weight is 369 g/mol. The largest absolute Gasteiger partial charge is 0.105 e. The van der Waals surface area contributed by atoms with Crippen molar-refractivity contribution >= 4 is 14.5 Å². The van der Waals surface area contributed by atoms with E-state index >= 15 is 0 Å². The molecule has 0 spiro atoms. The lowest BCUT2D eigenvalue weighted by molar-refractivity contribution is 0.807. The second kappa shape index (κ2) is 7.85. The van der Waals surface area contributed by atoms with E-state index in [1.807, 2.05) is 0 Å². The van der Waals surface area contributed by atoms with Gasteiger partial charge in [-0.05, 0) is 101 Å². The average Bonchev–Trinajstić information content (AvgIpc) is 2.57. The molecule has 1 heteroatoms. The van der Waals surface area contributed by atoms with Crippen molar-refractivity contribution in [1.82, 2.24) is 0 Å². The van der Waals surface area contributed by atoms with Crippen LogP contribution in [0.1, 0.15) is 98.2 Å². The Morgan fingerprint density at radius 3 is 1.38 bits per heavy atom. The van der Waals surface area contributed by atoms with E-state index in [0.717, 1.165) is 0 Å². The fourth-order valence-corrected chi connectivity index (χ4v) is 4.49. The molecule has 0 amide bonds. The molecule has 0 aliphatic heterocycles. The second-order valence-electron chi connectivity index (χ2n) is 8.83. The van der Waals surface area contributed by atoms with Crippen molar-refractivity contribution in [2.45, 2.75) is 87.0 Å². The van der Waals surface area contributed by atoms with Gasteiger partial charge in [-0.25, -0.2) is 0 Å². The van der Waals surface area contributed by atoms with Gasteiger partial charge in [0.15, 0.2) is 0 Å². The zero-order valence-electron chi connectivity index (χ0n) is 18.5. The van der Waals surface area contributed by atoms with Crippen LogP contribution < -0.4 is 5.30 Å². The maximum atomic E-state index is 3.05. The smallest absolute Gasteiger partial charge is 0.00717 e. The molecular formula is C25H37P. The first-order chi connectivity index (χ1) is 12.0. The number of hydrogen-bond acceptors (Lipinski definition) is 0. The summed E-state index contributed by atoms with van der Waals surface area (Å²) in [5.41, 5.74) is 13.1. The summed E-state index contributed by atoms with van der Waals surface area (Å²) in [5.74, 6) is 1.57. The van der Waals surface area contributed by atoms with E-state index in [-0.39, 0.29) is 0 Å². The summed E-state index contributed by atoms with van der Waals surface area (Å²) < 4.78 is 0. The van der Waals surface area contributed by atoms with Crippen LogP contribution in [0.2, 0.25) is 0 Å². The minimum Gasteiger partial charge on any atom is -0.105 e. The maximum absolute atomic E-state index is 3.05. The summed E-state index contributed by atoms with van der Waals surface area (Å²) in [4.78, 5) is 0. The molecular weight excluding hydrogens is 331 g/mol. The molecule has 0 saturated carbocycles.